The molecule has 4 N–H and O–H groups in total. The Labute approximate surface area is 86.0 Å². The molecule has 0 aromatic heterocycles. The molecule has 0 spiro atoms. The molecule has 0 bridgehead atoms. The zero-order valence-corrected chi connectivity index (χ0v) is 8.20. The molecule has 0 unspecified atom stereocenters. The van der Waals surface area contributed by atoms with E-state index >= 15 is 0 Å². The van der Waals surface area contributed by atoms with E-state index in [1.807, 2.05) is 0 Å². The number of nitro benzene ring substituents is 1. The summed E-state index contributed by atoms with van der Waals surface area (Å²) in [6.07, 6.45) is 0.271. The van der Waals surface area contributed by atoms with Crippen LogP contribution in [0.5, 0.6) is 0 Å². The molecular weight excluding hydrogens is 208 g/mol. The summed E-state index contributed by atoms with van der Waals surface area (Å²) in [6, 6.07) is 4.41. The van der Waals surface area contributed by atoms with Gasteiger partial charge in [0.05, 0.1) is 4.92 Å². The maximum atomic E-state index is 10.5. The van der Waals surface area contributed by atoms with E-state index < -0.39 is 4.92 Å². The second-order valence-electron chi connectivity index (χ2n) is 2.50. The quantitative estimate of drug-likeness (QED) is 0.598. The summed E-state index contributed by atoms with van der Waals surface area (Å²) in [4.78, 5) is 10.0. The minimum absolute atomic E-state index is 0. The average molecular weight is 219 g/mol. The lowest BCUT2D eigenvalue weighted by molar-refractivity contribution is -0.385. The van der Waals surface area contributed by atoms with Gasteiger partial charge in [-0.15, -0.1) is 0 Å². The van der Waals surface area contributed by atoms with E-state index in [-0.39, 0.29) is 24.9 Å². The topological polar surface area (TPSA) is 98.4 Å². The summed E-state index contributed by atoms with van der Waals surface area (Å²) in [6.45, 7) is -0.109. The van der Waals surface area contributed by atoms with Crippen molar-refractivity contribution in [1.29, 1.82) is 0 Å². The van der Waals surface area contributed by atoms with Crippen molar-refractivity contribution >= 4 is 17.3 Å². The Morgan fingerprint density at radius 3 is 2.64 bits per heavy atom. The number of aliphatic hydroxyl groups excluding tert-OH is 1. The molecule has 0 aliphatic rings. The number of nitro groups is 1. The van der Waals surface area contributed by atoms with Crippen LogP contribution < -0.4 is 6.15 Å². The summed E-state index contributed by atoms with van der Waals surface area (Å²) in [7, 11) is 0. The van der Waals surface area contributed by atoms with Crippen molar-refractivity contribution in [2.24, 2.45) is 0 Å². The highest BCUT2D eigenvalue weighted by molar-refractivity contribution is 6.30. The third-order valence-electron chi connectivity index (χ3n) is 1.63. The minimum Gasteiger partial charge on any atom is -0.396 e. The number of halogens is 1. The number of rotatable bonds is 3. The lowest BCUT2D eigenvalue weighted by Crippen LogP contribution is -1.97. The van der Waals surface area contributed by atoms with Crippen LogP contribution in [0.15, 0.2) is 18.2 Å². The van der Waals surface area contributed by atoms with Crippen molar-refractivity contribution in [2.45, 2.75) is 6.42 Å². The molecule has 0 saturated carbocycles. The average Bonchev–Trinajstić information content (AvgIpc) is 2.08. The molecule has 1 aromatic carbocycles. The van der Waals surface area contributed by atoms with Crippen LogP contribution in [-0.4, -0.2) is 16.6 Å². The van der Waals surface area contributed by atoms with Crippen molar-refractivity contribution in [3.05, 3.63) is 38.9 Å². The Bertz CT molecular complexity index is 330. The fourth-order valence-electron chi connectivity index (χ4n) is 1.04. The number of benzene rings is 1. The van der Waals surface area contributed by atoms with Gasteiger partial charge in [-0.2, -0.15) is 0 Å². The van der Waals surface area contributed by atoms with Crippen molar-refractivity contribution < 1.29 is 10.0 Å². The van der Waals surface area contributed by atoms with Gasteiger partial charge in [0.1, 0.15) is 0 Å². The fourth-order valence-corrected chi connectivity index (χ4v) is 1.21. The summed E-state index contributed by atoms with van der Waals surface area (Å²) < 4.78 is 0. The zero-order valence-electron chi connectivity index (χ0n) is 7.44. The Morgan fingerprint density at radius 2 is 2.14 bits per heavy atom. The lowest BCUT2D eigenvalue weighted by atomic mass is 10.1. The molecule has 0 saturated heterocycles. The normalized spacial score (nSPS) is 9.29. The Balaban J connectivity index is 0.00000169. The van der Waals surface area contributed by atoms with Gasteiger partial charge in [0.25, 0.3) is 5.69 Å². The molecule has 0 amide bonds. The molecule has 0 radical (unpaired) electrons. The lowest BCUT2D eigenvalue weighted by Gasteiger charge is -2.00. The molecule has 0 aliphatic carbocycles. The molecule has 6 heteroatoms. The molecule has 1 aromatic rings. The molecular formula is C8H11ClN2O3. The van der Waals surface area contributed by atoms with Gasteiger partial charge in [-0.1, -0.05) is 17.7 Å². The number of aliphatic hydroxyl groups is 1. The van der Waals surface area contributed by atoms with Gasteiger partial charge in [0.15, 0.2) is 0 Å². The maximum Gasteiger partial charge on any atom is 0.274 e. The summed E-state index contributed by atoms with van der Waals surface area (Å²) in [5.41, 5.74) is 0.457. The Morgan fingerprint density at radius 1 is 1.50 bits per heavy atom. The Kier molecular flexibility index (Phi) is 5.07. The third-order valence-corrected chi connectivity index (χ3v) is 1.86. The highest BCUT2D eigenvalue weighted by atomic mass is 35.5. The van der Waals surface area contributed by atoms with Crippen LogP contribution in [0.4, 0.5) is 5.69 Å². The van der Waals surface area contributed by atoms with Gasteiger partial charge in [0.2, 0.25) is 0 Å². The maximum absolute atomic E-state index is 10.5. The van der Waals surface area contributed by atoms with Crippen LogP contribution in [0.3, 0.4) is 0 Å². The first-order valence-corrected chi connectivity index (χ1v) is 4.06. The van der Waals surface area contributed by atoms with Crippen LogP contribution in [0.1, 0.15) is 5.56 Å². The zero-order chi connectivity index (χ0) is 9.84. The van der Waals surface area contributed by atoms with Crippen LogP contribution in [0.2, 0.25) is 5.02 Å². The minimum atomic E-state index is -0.503. The predicted octanol–water partition coefficient (Wildman–Crippen LogP) is 1.94. The van der Waals surface area contributed by atoms with Crippen LogP contribution >= 0.6 is 11.6 Å². The summed E-state index contributed by atoms with van der Waals surface area (Å²) in [5.74, 6) is 0. The number of hydrogen-bond acceptors (Lipinski definition) is 4. The first kappa shape index (κ1) is 12.8. The van der Waals surface area contributed by atoms with Gasteiger partial charge >= 0.3 is 0 Å². The van der Waals surface area contributed by atoms with Crippen LogP contribution in [-0.2, 0) is 6.42 Å². The van der Waals surface area contributed by atoms with Crippen LogP contribution in [0.25, 0.3) is 0 Å². The van der Waals surface area contributed by atoms with E-state index in [0.29, 0.717) is 10.6 Å². The molecule has 0 aliphatic heterocycles. The van der Waals surface area contributed by atoms with E-state index in [0.717, 1.165) is 0 Å². The second kappa shape index (κ2) is 5.54. The molecule has 14 heavy (non-hydrogen) atoms. The third kappa shape index (κ3) is 2.95. The van der Waals surface area contributed by atoms with E-state index in [4.69, 9.17) is 16.7 Å². The van der Waals surface area contributed by atoms with Gasteiger partial charge in [-0.3, -0.25) is 10.1 Å². The number of nitrogens with zero attached hydrogens (tertiary/aromatic N) is 1. The van der Waals surface area contributed by atoms with Crippen molar-refractivity contribution in [1.82, 2.24) is 6.15 Å². The van der Waals surface area contributed by atoms with Gasteiger partial charge in [-0.05, 0) is 6.07 Å². The van der Waals surface area contributed by atoms with Crippen LogP contribution in [0, 0.1) is 10.1 Å². The highest BCUT2D eigenvalue weighted by Gasteiger charge is 2.12. The smallest absolute Gasteiger partial charge is 0.274 e. The highest BCUT2D eigenvalue weighted by Crippen LogP contribution is 2.23. The van der Waals surface area contributed by atoms with Crippen molar-refractivity contribution in [2.75, 3.05) is 6.61 Å². The van der Waals surface area contributed by atoms with Gasteiger partial charge in [-0.25, -0.2) is 0 Å². The fraction of sp³-hybridized carbons (Fsp3) is 0.250. The summed E-state index contributed by atoms with van der Waals surface area (Å²) >= 11 is 5.59. The first-order chi connectivity index (χ1) is 6.15. The van der Waals surface area contributed by atoms with E-state index in [9.17, 15) is 10.1 Å². The monoisotopic (exact) mass is 218 g/mol. The molecule has 1 rings (SSSR count). The largest absolute Gasteiger partial charge is 0.396 e. The molecule has 0 heterocycles. The second-order valence-corrected chi connectivity index (χ2v) is 2.94. The summed E-state index contributed by atoms with van der Waals surface area (Å²) in [5, 5.41) is 19.5. The molecule has 78 valence electrons. The molecule has 0 atom stereocenters. The standard InChI is InChI=1S/C8H8ClNO3.H3N/c9-7-2-1-6(3-4-11)8(5-7)10(12)13;/h1-2,5,11H,3-4H2;1H3. The first-order valence-electron chi connectivity index (χ1n) is 3.69. The van der Waals surface area contributed by atoms with E-state index in [1.54, 1.807) is 12.1 Å². The van der Waals surface area contributed by atoms with E-state index in [1.165, 1.54) is 6.07 Å². The van der Waals surface area contributed by atoms with Crippen molar-refractivity contribution in [3.8, 4) is 0 Å². The number of hydrogen-bond donors (Lipinski definition) is 2. The van der Waals surface area contributed by atoms with Gasteiger partial charge < -0.3 is 11.3 Å². The van der Waals surface area contributed by atoms with Crippen molar-refractivity contribution in [3.63, 3.8) is 0 Å². The van der Waals surface area contributed by atoms with E-state index in [2.05, 4.69) is 0 Å². The van der Waals surface area contributed by atoms with Gasteiger partial charge in [0, 0.05) is 29.7 Å². The SMILES string of the molecule is N.O=[N+]([O-])c1cc(Cl)ccc1CCO. The molecule has 5 nitrogen and oxygen atoms in total. The Hall–Kier alpha value is -1.17. The predicted molar refractivity (Wildman–Crippen MR) is 53.9 cm³/mol. The molecule has 0 fully saturated rings.